The van der Waals surface area contributed by atoms with E-state index in [1.54, 1.807) is 5.38 Å². The first-order valence-corrected chi connectivity index (χ1v) is 5.11. The van der Waals surface area contributed by atoms with Gasteiger partial charge in [0, 0.05) is 5.38 Å². The average Bonchev–Trinajstić information content (AvgIpc) is 2.68. The number of hydrogen-bond acceptors (Lipinski definition) is 4. The van der Waals surface area contributed by atoms with E-state index >= 15 is 0 Å². The Morgan fingerprint density at radius 1 is 1.64 bits per heavy atom. The van der Waals surface area contributed by atoms with E-state index in [-0.39, 0.29) is 5.69 Å². The lowest BCUT2D eigenvalue weighted by Gasteiger charge is -2.10. The Morgan fingerprint density at radius 3 is 3.07 bits per heavy atom. The predicted molar refractivity (Wildman–Crippen MR) is 52.5 cm³/mol. The van der Waals surface area contributed by atoms with Crippen LogP contribution in [-0.2, 0) is 4.74 Å². The fourth-order valence-electron chi connectivity index (χ4n) is 1.24. The summed E-state index contributed by atoms with van der Waals surface area (Å²) >= 11 is 1.37. The number of carbonyl (C=O) groups is 1. The van der Waals surface area contributed by atoms with Crippen LogP contribution in [0.3, 0.4) is 0 Å². The highest BCUT2D eigenvalue weighted by Gasteiger charge is 2.13. The van der Waals surface area contributed by atoms with Crippen LogP contribution in [0.2, 0.25) is 0 Å². The highest BCUT2D eigenvalue weighted by molar-refractivity contribution is 7.11. The predicted octanol–water partition coefficient (Wildman–Crippen LogP) is 1.64. The van der Waals surface area contributed by atoms with Crippen molar-refractivity contribution in [2.75, 3.05) is 13.2 Å². The van der Waals surface area contributed by atoms with E-state index in [9.17, 15) is 4.79 Å². The number of thiazole rings is 1. The minimum absolute atomic E-state index is 0.123. The van der Waals surface area contributed by atoms with Crippen molar-refractivity contribution in [1.29, 1.82) is 0 Å². The number of aromatic carboxylic acids is 1. The highest BCUT2D eigenvalue weighted by atomic mass is 32.1. The second-order valence-corrected chi connectivity index (χ2v) is 3.76. The molecule has 2 heterocycles. The van der Waals surface area contributed by atoms with Gasteiger partial charge in [0.15, 0.2) is 5.69 Å². The molecule has 4 nitrogen and oxygen atoms in total. The van der Waals surface area contributed by atoms with Gasteiger partial charge in [-0.05, 0) is 12.0 Å². The van der Waals surface area contributed by atoms with E-state index in [1.165, 1.54) is 11.3 Å². The summed E-state index contributed by atoms with van der Waals surface area (Å²) in [7, 11) is 0. The van der Waals surface area contributed by atoms with E-state index in [4.69, 9.17) is 9.84 Å². The van der Waals surface area contributed by atoms with Crippen LogP contribution in [0.4, 0.5) is 0 Å². The van der Waals surface area contributed by atoms with Crippen molar-refractivity contribution in [2.24, 2.45) is 0 Å². The molecular formula is C9H9NO3S. The first kappa shape index (κ1) is 9.36. The van der Waals surface area contributed by atoms with E-state index in [2.05, 4.69) is 4.98 Å². The molecule has 0 saturated carbocycles. The maximum atomic E-state index is 10.6. The normalized spacial score (nSPS) is 16.4. The van der Waals surface area contributed by atoms with Crippen LogP contribution in [0.1, 0.15) is 21.9 Å². The van der Waals surface area contributed by atoms with Gasteiger partial charge in [-0.15, -0.1) is 11.3 Å². The Labute approximate surface area is 84.9 Å². The molecule has 1 aliphatic heterocycles. The quantitative estimate of drug-likeness (QED) is 0.808. The zero-order valence-corrected chi connectivity index (χ0v) is 8.21. The lowest BCUT2D eigenvalue weighted by molar-refractivity contribution is 0.0691. The van der Waals surface area contributed by atoms with Gasteiger partial charge in [-0.3, -0.25) is 0 Å². The molecule has 0 saturated heterocycles. The van der Waals surface area contributed by atoms with Crippen LogP contribution in [0, 0.1) is 0 Å². The minimum Gasteiger partial charge on any atom is -0.476 e. The number of rotatable bonds is 2. The van der Waals surface area contributed by atoms with Gasteiger partial charge in [-0.25, -0.2) is 9.78 Å². The second kappa shape index (κ2) is 3.89. The smallest absolute Gasteiger partial charge is 0.355 e. The molecule has 1 N–H and O–H groups in total. The number of ether oxygens (including phenoxy) is 1. The summed E-state index contributed by atoms with van der Waals surface area (Å²) in [4.78, 5) is 14.6. The third-order valence-electron chi connectivity index (χ3n) is 1.96. The fourth-order valence-corrected chi connectivity index (χ4v) is 2.11. The first-order chi connectivity index (χ1) is 6.77. The van der Waals surface area contributed by atoms with Crippen molar-refractivity contribution in [3.8, 4) is 0 Å². The summed E-state index contributed by atoms with van der Waals surface area (Å²) in [6, 6.07) is 0. The molecular weight excluding hydrogens is 202 g/mol. The summed E-state index contributed by atoms with van der Waals surface area (Å²) in [5.41, 5.74) is 1.21. The molecule has 0 bridgehead atoms. The van der Waals surface area contributed by atoms with E-state index < -0.39 is 5.97 Å². The van der Waals surface area contributed by atoms with Crippen molar-refractivity contribution in [2.45, 2.75) is 6.42 Å². The lowest BCUT2D eigenvalue weighted by Crippen LogP contribution is -2.04. The summed E-state index contributed by atoms with van der Waals surface area (Å²) < 4.78 is 5.16. The minimum atomic E-state index is -0.972. The van der Waals surface area contributed by atoms with Crippen molar-refractivity contribution in [1.82, 2.24) is 4.98 Å². The van der Waals surface area contributed by atoms with E-state index in [0.717, 1.165) is 17.0 Å². The van der Waals surface area contributed by atoms with Crippen LogP contribution in [0.5, 0.6) is 0 Å². The number of carboxylic acids is 1. The van der Waals surface area contributed by atoms with Crippen LogP contribution in [0.25, 0.3) is 5.57 Å². The van der Waals surface area contributed by atoms with Gasteiger partial charge in [0.25, 0.3) is 0 Å². The van der Waals surface area contributed by atoms with E-state index in [1.807, 2.05) is 6.08 Å². The van der Waals surface area contributed by atoms with Gasteiger partial charge in [0.2, 0.25) is 0 Å². The molecule has 1 aromatic heterocycles. The van der Waals surface area contributed by atoms with Crippen LogP contribution in [0.15, 0.2) is 11.5 Å². The summed E-state index contributed by atoms with van der Waals surface area (Å²) in [5.74, 6) is -0.972. The molecule has 74 valence electrons. The van der Waals surface area contributed by atoms with Gasteiger partial charge in [-0.2, -0.15) is 0 Å². The average molecular weight is 211 g/mol. The molecule has 0 fully saturated rings. The molecule has 0 aromatic carbocycles. The number of aromatic nitrogens is 1. The second-order valence-electron chi connectivity index (χ2n) is 2.90. The lowest BCUT2D eigenvalue weighted by atomic mass is 10.2. The Bertz CT molecular complexity index is 383. The third kappa shape index (κ3) is 1.83. The molecule has 0 radical (unpaired) electrons. The molecule has 1 aromatic rings. The maximum absolute atomic E-state index is 10.6. The van der Waals surface area contributed by atoms with E-state index in [0.29, 0.717) is 13.2 Å². The molecule has 1 aliphatic rings. The zero-order chi connectivity index (χ0) is 9.97. The molecule has 0 spiro atoms. The molecule has 0 aliphatic carbocycles. The van der Waals surface area contributed by atoms with Crippen molar-refractivity contribution in [3.05, 3.63) is 22.2 Å². The van der Waals surface area contributed by atoms with Gasteiger partial charge in [-0.1, -0.05) is 6.08 Å². The van der Waals surface area contributed by atoms with Crippen molar-refractivity contribution in [3.63, 3.8) is 0 Å². The molecule has 0 atom stereocenters. The molecule has 14 heavy (non-hydrogen) atoms. The third-order valence-corrected chi connectivity index (χ3v) is 2.88. The number of carboxylic acid groups (broad SMARTS) is 1. The fraction of sp³-hybridized carbons (Fsp3) is 0.333. The Kier molecular flexibility index (Phi) is 2.60. The van der Waals surface area contributed by atoms with Gasteiger partial charge in [0.1, 0.15) is 5.01 Å². The Morgan fingerprint density at radius 2 is 2.50 bits per heavy atom. The number of nitrogens with zero attached hydrogens (tertiary/aromatic N) is 1. The monoisotopic (exact) mass is 211 g/mol. The van der Waals surface area contributed by atoms with Crippen molar-refractivity contribution < 1.29 is 14.6 Å². The van der Waals surface area contributed by atoms with Crippen molar-refractivity contribution >= 4 is 22.9 Å². The number of hydrogen-bond donors (Lipinski definition) is 1. The topological polar surface area (TPSA) is 59.4 Å². The molecule has 0 unspecified atom stereocenters. The molecule has 5 heteroatoms. The summed E-state index contributed by atoms with van der Waals surface area (Å²) in [6.45, 7) is 1.28. The maximum Gasteiger partial charge on any atom is 0.355 e. The first-order valence-electron chi connectivity index (χ1n) is 4.23. The molecule has 2 rings (SSSR count). The Balaban J connectivity index is 2.23. The Hall–Kier alpha value is -1.20. The highest BCUT2D eigenvalue weighted by Crippen LogP contribution is 2.24. The van der Waals surface area contributed by atoms with Crippen LogP contribution < -0.4 is 0 Å². The van der Waals surface area contributed by atoms with Crippen LogP contribution >= 0.6 is 11.3 Å². The zero-order valence-electron chi connectivity index (χ0n) is 7.40. The largest absolute Gasteiger partial charge is 0.476 e. The summed E-state index contributed by atoms with van der Waals surface area (Å²) in [5, 5.41) is 11.1. The summed E-state index contributed by atoms with van der Waals surface area (Å²) in [6.07, 6.45) is 2.76. The standard InChI is InChI=1S/C9H9NO3S/c11-9(12)7-5-14-8(10-7)6-1-3-13-4-2-6/h1,5H,2-4H2,(H,11,12). The SMILES string of the molecule is O=C(O)c1csc(C2=CCOCC2)n1. The van der Waals surface area contributed by atoms with Gasteiger partial charge < -0.3 is 9.84 Å². The van der Waals surface area contributed by atoms with Crippen LogP contribution in [-0.4, -0.2) is 29.3 Å². The van der Waals surface area contributed by atoms with Gasteiger partial charge >= 0.3 is 5.97 Å². The van der Waals surface area contributed by atoms with Gasteiger partial charge in [0.05, 0.1) is 13.2 Å². The molecule has 0 amide bonds.